The molecule has 0 radical (unpaired) electrons. The lowest BCUT2D eigenvalue weighted by Crippen LogP contribution is -2.22. The smallest absolute Gasteiger partial charge is 0.0406 e. The zero-order valence-electron chi connectivity index (χ0n) is 8.46. The molecule has 0 saturated heterocycles. The van der Waals surface area contributed by atoms with Gasteiger partial charge in [0, 0.05) is 11.1 Å². The minimum atomic E-state index is 0.539. The summed E-state index contributed by atoms with van der Waals surface area (Å²) in [7, 11) is 0. The highest BCUT2D eigenvalue weighted by Gasteiger charge is 2.31. The average Bonchev–Trinajstić information content (AvgIpc) is 2.99. The van der Waals surface area contributed by atoms with Crippen molar-refractivity contribution in [1.82, 2.24) is 5.32 Å². The minimum absolute atomic E-state index is 0.539. The Morgan fingerprint density at radius 3 is 2.50 bits per heavy atom. The minimum Gasteiger partial charge on any atom is -0.310 e. The lowest BCUT2D eigenvalue weighted by molar-refractivity contribution is 0.496. The number of benzene rings is 1. The molecular formula is C12H16ClN. The van der Waals surface area contributed by atoms with Crippen LogP contribution < -0.4 is 5.32 Å². The van der Waals surface area contributed by atoms with Gasteiger partial charge in [-0.1, -0.05) is 30.7 Å². The molecular weight excluding hydrogens is 194 g/mol. The molecule has 0 bridgehead atoms. The first-order valence-corrected chi connectivity index (χ1v) is 5.68. The summed E-state index contributed by atoms with van der Waals surface area (Å²) in [5.41, 5.74) is 1.37. The van der Waals surface area contributed by atoms with Gasteiger partial charge in [-0.15, -0.1) is 0 Å². The van der Waals surface area contributed by atoms with E-state index in [1.807, 2.05) is 12.1 Å². The van der Waals surface area contributed by atoms with Crippen LogP contribution in [0.4, 0.5) is 0 Å². The van der Waals surface area contributed by atoms with Crippen molar-refractivity contribution < 1.29 is 0 Å². The van der Waals surface area contributed by atoms with Gasteiger partial charge in [0.25, 0.3) is 0 Å². The maximum Gasteiger partial charge on any atom is 0.0406 e. The summed E-state index contributed by atoms with van der Waals surface area (Å²) < 4.78 is 0. The van der Waals surface area contributed by atoms with E-state index in [2.05, 4.69) is 24.4 Å². The Balaban J connectivity index is 2.13. The van der Waals surface area contributed by atoms with Gasteiger partial charge in [0.15, 0.2) is 0 Å². The second kappa shape index (κ2) is 4.33. The van der Waals surface area contributed by atoms with Gasteiger partial charge in [0.05, 0.1) is 0 Å². The van der Waals surface area contributed by atoms with Gasteiger partial charge in [-0.05, 0) is 43.0 Å². The van der Waals surface area contributed by atoms with E-state index in [9.17, 15) is 0 Å². The Bertz CT molecular complexity index is 290. The maximum atomic E-state index is 5.87. The molecule has 0 aliphatic heterocycles. The molecule has 1 aromatic rings. The summed E-state index contributed by atoms with van der Waals surface area (Å²) >= 11 is 5.87. The predicted octanol–water partition coefficient (Wildman–Crippen LogP) is 3.40. The fourth-order valence-electron chi connectivity index (χ4n) is 1.88. The summed E-state index contributed by atoms with van der Waals surface area (Å²) in [4.78, 5) is 0. The van der Waals surface area contributed by atoms with Gasteiger partial charge < -0.3 is 5.32 Å². The van der Waals surface area contributed by atoms with Gasteiger partial charge in [0.2, 0.25) is 0 Å². The molecule has 1 nitrogen and oxygen atoms in total. The molecule has 1 aliphatic rings. The highest BCUT2D eigenvalue weighted by molar-refractivity contribution is 6.30. The van der Waals surface area contributed by atoms with E-state index in [4.69, 9.17) is 11.6 Å². The van der Waals surface area contributed by atoms with E-state index >= 15 is 0 Å². The molecule has 2 heteroatoms. The Morgan fingerprint density at radius 1 is 1.36 bits per heavy atom. The highest BCUT2D eigenvalue weighted by Crippen LogP contribution is 2.40. The van der Waals surface area contributed by atoms with Crippen molar-refractivity contribution in [3.05, 3.63) is 34.9 Å². The van der Waals surface area contributed by atoms with Crippen molar-refractivity contribution in [2.24, 2.45) is 5.92 Å². The van der Waals surface area contributed by atoms with Gasteiger partial charge >= 0.3 is 0 Å². The lowest BCUT2D eigenvalue weighted by atomic mass is 10.0. The maximum absolute atomic E-state index is 5.87. The number of halogens is 1. The second-order valence-corrected chi connectivity index (χ2v) is 4.36. The Kier molecular flexibility index (Phi) is 3.09. The third kappa shape index (κ3) is 2.28. The van der Waals surface area contributed by atoms with E-state index in [1.54, 1.807) is 0 Å². The van der Waals surface area contributed by atoms with Gasteiger partial charge in [-0.25, -0.2) is 0 Å². The number of rotatable bonds is 4. The third-order valence-corrected chi connectivity index (χ3v) is 3.00. The van der Waals surface area contributed by atoms with Crippen LogP contribution in [-0.2, 0) is 0 Å². The zero-order chi connectivity index (χ0) is 9.97. The SMILES string of the molecule is CCN[C@H](c1ccc(Cl)cc1)C1CC1. The van der Waals surface area contributed by atoms with E-state index in [0.29, 0.717) is 6.04 Å². The fourth-order valence-corrected chi connectivity index (χ4v) is 2.00. The molecule has 0 aromatic heterocycles. The van der Waals surface area contributed by atoms with Crippen LogP contribution in [0.1, 0.15) is 31.4 Å². The van der Waals surface area contributed by atoms with Crippen molar-refractivity contribution in [2.45, 2.75) is 25.8 Å². The van der Waals surface area contributed by atoms with Crippen molar-refractivity contribution in [2.75, 3.05) is 6.54 Å². The first kappa shape index (κ1) is 10.0. The third-order valence-electron chi connectivity index (χ3n) is 2.75. The summed E-state index contributed by atoms with van der Waals surface area (Å²) in [6.07, 6.45) is 2.72. The molecule has 1 atom stereocenters. The molecule has 0 heterocycles. The van der Waals surface area contributed by atoms with Crippen LogP contribution in [0.15, 0.2) is 24.3 Å². The predicted molar refractivity (Wildman–Crippen MR) is 60.6 cm³/mol. The average molecular weight is 210 g/mol. The van der Waals surface area contributed by atoms with E-state index in [1.165, 1.54) is 18.4 Å². The lowest BCUT2D eigenvalue weighted by Gasteiger charge is -2.17. The Morgan fingerprint density at radius 2 is 2.00 bits per heavy atom. The van der Waals surface area contributed by atoms with Crippen molar-refractivity contribution >= 4 is 11.6 Å². The number of hydrogen-bond acceptors (Lipinski definition) is 1. The van der Waals surface area contributed by atoms with Crippen LogP contribution in [0, 0.1) is 5.92 Å². The van der Waals surface area contributed by atoms with Crippen molar-refractivity contribution in [3.63, 3.8) is 0 Å². The normalized spacial score (nSPS) is 18.1. The van der Waals surface area contributed by atoms with E-state index < -0.39 is 0 Å². The van der Waals surface area contributed by atoms with Crippen molar-refractivity contribution in [1.29, 1.82) is 0 Å². The molecule has 1 aliphatic carbocycles. The van der Waals surface area contributed by atoms with Crippen LogP contribution in [0.2, 0.25) is 5.02 Å². The second-order valence-electron chi connectivity index (χ2n) is 3.92. The molecule has 1 saturated carbocycles. The quantitative estimate of drug-likeness (QED) is 0.802. The van der Waals surface area contributed by atoms with Crippen LogP contribution in [-0.4, -0.2) is 6.54 Å². The van der Waals surface area contributed by atoms with E-state index in [0.717, 1.165) is 17.5 Å². The summed E-state index contributed by atoms with van der Waals surface area (Å²) in [6, 6.07) is 8.76. The highest BCUT2D eigenvalue weighted by atomic mass is 35.5. The molecule has 0 amide bonds. The Labute approximate surface area is 90.5 Å². The molecule has 0 unspecified atom stereocenters. The first-order chi connectivity index (χ1) is 6.81. The summed E-state index contributed by atoms with van der Waals surface area (Å²) in [5, 5.41) is 4.36. The van der Waals surface area contributed by atoms with Crippen LogP contribution in [0.5, 0.6) is 0 Å². The van der Waals surface area contributed by atoms with Gasteiger partial charge in [-0.2, -0.15) is 0 Å². The number of nitrogens with one attached hydrogen (secondary N) is 1. The monoisotopic (exact) mass is 209 g/mol. The van der Waals surface area contributed by atoms with Crippen molar-refractivity contribution in [3.8, 4) is 0 Å². The van der Waals surface area contributed by atoms with Gasteiger partial charge in [-0.3, -0.25) is 0 Å². The zero-order valence-corrected chi connectivity index (χ0v) is 9.22. The number of hydrogen-bond donors (Lipinski definition) is 1. The molecule has 14 heavy (non-hydrogen) atoms. The largest absolute Gasteiger partial charge is 0.310 e. The molecule has 76 valence electrons. The molecule has 2 rings (SSSR count). The summed E-state index contributed by atoms with van der Waals surface area (Å²) in [5.74, 6) is 0.844. The van der Waals surface area contributed by atoms with Crippen LogP contribution in [0.25, 0.3) is 0 Å². The van der Waals surface area contributed by atoms with Crippen LogP contribution >= 0.6 is 11.6 Å². The first-order valence-electron chi connectivity index (χ1n) is 5.30. The van der Waals surface area contributed by atoms with Gasteiger partial charge in [0.1, 0.15) is 0 Å². The fraction of sp³-hybridized carbons (Fsp3) is 0.500. The molecule has 1 aromatic carbocycles. The molecule has 1 N–H and O–H groups in total. The Hall–Kier alpha value is -0.530. The molecule has 1 fully saturated rings. The van der Waals surface area contributed by atoms with Crippen LogP contribution in [0.3, 0.4) is 0 Å². The summed E-state index contributed by atoms with van der Waals surface area (Å²) in [6.45, 7) is 3.19. The topological polar surface area (TPSA) is 12.0 Å². The molecule has 0 spiro atoms. The standard InChI is InChI=1S/C12H16ClN/c1-2-14-12(9-3-4-9)10-5-7-11(13)8-6-10/h5-9,12,14H,2-4H2,1H3/t12-/m0/s1. The van der Waals surface area contributed by atoms with E-state index in [-0.39, 0.29) is 0 Å².